The third-order valence-electron chi connectivity index (χ3n) is 3.42. The van der Waals surface area contributed by atoms with E-state index in [4.69, 9.17) is 28.9 Å². The first kappa shape index (κ1) is 16.8. The number of halogens is 3. The van der Waals surface area contributed by atoms with Crippen LogP contribution >= 0.6 is 39.1 Å². The van der Waals surface area contributed by atoms with Gasteiger partial charge >= 0.3 is 0 Å². The Labute approximate surface area is 132 Å². The van der Waals surface area contributed by atoms with Crippen molar-refractivity contribution in [3.05, 3.63) is 26.7 Å². The monoisotopic (exact) mass is 366 g/mol. The van der Waals surface area contributed by atoms with Gasteiger partial charge < -0.3 is 11.1 Å². The minimum Gasteiger partial charge on any atom is -0.325 e. The molecule has 0 spiro atoms. The second kappa shape index (κ2) is 5.60. The van der Waals surface area contributed by atoms with E-state index in [0.29, 0.717) is 15.7 Å². The van der Waals surface area contributed by atoms with Gasteiger partial charge in [-0.25, -0.2) is 0 Å². The van der Waals surface area contributed by atoms with Crippen LogP contribution in [0.3, 0.4) is 0 Å². The molecule has 0 aliphatic heterocycles. The fourth-order valence-corrected chi connectivity index (χ4v) is 2.53. The highest BCUT2D eigenvalue weighted by Gasteiger charge is 2.40. The maximum Gasteiger partial charge on any atom is 0.231 e. The fourth-order valence-electron chi connectivity index (χ4n) is 1.22. The number of anilines is 1. The van der Waals surface area contributed by atoms with E-state index < -0.39 is 11.0 Å². The number of carbonyl (C=O) groups excluding carboxylic acids is 1. The molecule has 6 heteroatoms. The van der Waals surface area contributed by atoms with Gasteiger partial charge in [0.1, 0.15) is 0 Å². The first-order valence-electron chi connectivity index (χ1n) is 5.71. The van der Waals surface area contributed by atoms with Crippen molar-refractivity contribution in [3.63, 3.8) is 0 Å². The van der Waals surface area contributed by atoms with Crippen molar-refractivity contribution < 1.29 is 4.79 Å². The molecule has 0 atom stereocenters. The third-order valence-corrected chi connectivity index (χ3v) is 4.48. The predicted octanol–water partition coefficient (Wildman–Crippen LogP) is 4.46. The van der Waals surface area contributed by atoms with E-state index in [-0.39, 0.29) is 5.91 Å². The molecule has 1 aromatic carbocycles. The summed E-state index contributed by atoms with van der Waals surface area (Å²) in [6.07, 6.45) is 0. The van der Waals surface area contributed by atoms with Gasteiger partial charge in [-0.2, -0.15) is 0 Å². The lowest BCUT2D eigenvalue weighted by molar-refractivity contribution is -0.126. The summed E-state index contributed by atoms with van der Waals surface area (Å²) in [4.78, 5) is 12.4. The molecular formula is C13H17BrCl2N2O. The van der Waals surface area contributed by atoms with Gasteiger partial charge in [-0.05, 0) is 39.8 Å². The molecule has 1 rings (SSSR count). The first-order valence-corrected chi connectivity index (χ1v) is 7.26. The zero-order valence-corrected chi connectivity index (χ0v) is 14.4. The molecule has 0 unspecified atom stereocenters. The summed E-state index contributed by atoms with van der Waals surface area (Å²) in [7, 11) is 0. The number of benzene rings is 1. The standard InChI is InChI=1S/C13H17BrCl2N2O/c1-12(2,13(3,4)17)11(19)18-10-8(15)5-7(14)6-9(10)16/h5-6H,17H2,1-4H3,(H,18,19). The topological polar surface area (TPSA) is 55.1 Å². The summed E-state index contributed by atoms with van der Waals surface area (Å²) in [5.74, 6) is -0.230. The Morgan fingerprint density at radius 2 is 1.63 bits per heavy atom. The summed E-state index contributed by atoms with van der Waals surface area (Å²) in [5, 5.41) is 3.50. The van der Waals surface area contributed by atoms with E-state index in [0.717, 1.165) is 4.47 Å². The van der Waals surface area contributed by atoms with Crippen LogP contribution < -0.4 is 11.1 Å². The predicted molar refractivity (Wildman–Crippen MR) is 84.8 cm³/mol. The smallest absolute Gasteiger partial charge is 0.231 e. The maximum absolute atomic E-state index is 12.4. The molecule has 0 fully saturated rings. The fraction of sp³-hybridized carbons (Fsp3) is 0.462. The van der Waals surface area contributed by atoms with Gasteiger partial charge in [-0.15, -0.1) is 0 Å². The number of amides is 1. The molecule has 3 N–H and O–H groups in total. The van der Waals surface area contributed by atoms with Crippen molar-refractivity contribution in [3.8, 4) is 0 Å². The summed E-state index contributed by atoms with van der Waals surface area (Å²) in [5.41, 5.74) is 4.98. The highest BCUT2D eigenvalue weighted by Crippen LogP contribution is 2.36. The molecule has 0 aliphatic rings. The lowest BCUT2D eigenvalue weighted by Crippen LogP contribution is -2.53. The molecule has 0 heterocycles. The number of hydrogen-bond acceptors (Lipinski definition) is 2. The summed E-state index contributed by atoms with van der Waals surface area (Å²) >= 11 is 15.4. The zero-order chi connectivity index (χ0) is 15.0. The molecule has 0 aromatic heterocycles. The molecule has 1 amide bonds. The van der Waals surface area contributed by atoms with Crippen LogP contribution in [0, 0.1) is 5.41 Å². The molecule has 1 aromatic rings. The van der Waals surface area contributed by atoms with Crippen LogP contribution in [-0.2, 0) is 4.79 Å². The second-order valence-electron chi connectivity index (χ2n) is 5.55. The largest absolute Gasteiger partial charge is 0.325 e. The number of nitrogens with one attached hydrogen (secondary N) is 1. The molecule has 0 aliphatic carbocycles. The van der Waals surface area contributed by atoms with Gasteiger partial charge in [-0.3, -0.25) is 4.79 Å². The van der Waals surface area contributed by atoms with E-state index in [9.17, 15) is 4.79 Å². The van der Waals surface area contributed by atoms with Crippen LogP contribution in [0.15, 0.2) is 16.6 Å². The minimum atomic E-state index is -0.771. The van der Waals surface area contributed by atoms with E-state index in [1.165, 1.54) is 0 Å². The van der Waals surface area contributed by atoms with Crippen LogP contribution in [-0.4, -0.2) is 11.4 Å². The molecule has 0 saturated heterocycles. The molecule has 3 nitrogen and oxygen atoms in total. The van der Waals surface area contributed by atoms with Crippen LogP contribution in [0.5, 0.6) is 0 Å². The molecule has 19 heavy (non-hydrogen) atoms. The molecule has 0 bridgehead atoms. The Morgan fingerprint density at radius 3 is 2.00 bits per heavy atom. The van der Waals surface area contributed by atoms with Crippen LogP contribution in [0.25, 0.3) is 0 Å². The van der Waals surface area contributed by atoms with Crippen molar-refractivity contribution in [2.45, 2.75) is 33.2 Å². The zero-order valence-electron chi connectivity index (χ0n) is 11.3. The lowest BCUT2D eigenvalue weighted by atomic mass is 9.74. The van der Waals surface area contributed by atoms with Crippen LogP contribution in [0.4, 0.5) is 5.69 Å². The van der Waals surface area contributed by atoms with Gasteiger partial charge in [-0.1, -0.05) is 39.1 Å². The molecule has 0 saturated carbocycles. The second-order valence-corrected chi connectivity index (χ2v) is 7.28. The highest BCUT2D eigenvalue weighted by atomic mass is 79.9. The normalized spacial score (nSPS) is 12.4. The van der Waals surface area contributed by atoms with E-state index in [1.807, 2.05) is 0 Å². The average molecular weight is 368 g/mol. The lowest BCUT2D eigenvalue weighted by Gasteiger charge is -2.37. The number of carbonyl (C=O) groups is 1. The third kappa shape index (κ3) is 3.63. The van der Waals surface area contributed by atoms with Gasteiger partial charge in [0.05, 0.1) is 21.1 Å². The average Bonchev–Trinajstić information content (AvgIpc) is 2.21. The van der Waals surface area contributed by atoms with Gasteiger partial charge in [0.15, 0.2) is 0 Å². The van der Waals surface area contributed by atoms with Crippen molar-refractivity contribution in [1.29, 1.82) is 0 Å². The number of hydrogen-bond donors (Lipinski definition) is 2. The van der Waals surface area contributed by atoms with Gasteiger partial charge in [0, 0.05) is 10.0 Å². The van der Waals surface area contributed by atoms with Gasteiger partial charge in [0.25, 0.3) is 0 Å². The van der Waals surface area contributed by atoms with E-state index in [2.05, 4.69) is 21.2 Å². The Balaban J connectivity index is 3.08. The summed E-state index contributed by atoms with van der Waals surface area (Å²) in [6, 6.07) is 3.34. The van der Waals surface area contributed by atoms with Crippen molar-refractivity contribution >= 4 is 50.7 Å². The van der Waals surface area contributed by atoms with Crippen LogP contribution in [0.1, 0.15) is 27.7 Å². The van der Waals surface area contributed by atoms with Crippen LogP contribution in [0.2, 0.25) is 10.0 Å². The highest BCUT2D eigenvalue weighted by molar-refractivity contribution is 9.10. The van der Waals surface area contributed by atoms with Crippen molar-refractivity contribution in [2.75, 3.05) is 5.32 Å². The van der Waals surface area contributed by atoms with Crippen molar-refractivity contribution in [2.24, 2.45) is 11.1 Å². The first-order chi connectivity index (χ1) is 8.46. The number of rotatable bonds is 3. The summed E-state index contributed by atoms with van der Waals surface area (Å²) in [6.45, 7) is 7.17. The molecule has 0 radical (unpaired) electrons. The molecule has 106 valence electrons. The molecular weight excluding hydrogens is 351 g/mol. The van der Waals surface area contributed by atoms with Gasteiger partial charge in [0.2, 0.25) is 5.91 Å². The Hall–Kier alpha value is -0.290. The Kier molecular flexibility index (Phi) is 4.94. The SMILES string of the molecule is CC(C)(N)C(C)(C)C(=O)Nc1c(Cl)cc(Br)cc1Cl. The number of nitrogens with two attached hydrogens (primary N) is 1. The summed E-state index contributed by atoms with van der Waals surface area (Å²) < 4.78 is 0.749. The maximum atomic E-state index is 12.4. The Bertz CT molecular complexity index is 487. The van der Waals surface area contributed by atoms with E-state index >= 15 is 0 Å². The minimum absolute atomic E-state index is 0.230. The van der Waals surface area contributed by atoms with Crippen molar-refractivity contribution in [1.82, 2.24) is 0 Å². The quantitative estimate of drug-likeness (QED) is 0.828. The van der Waals surface area contributed by atoms with E-state index in [1.54, 1.807) is 39.8 Å². The Morgan fingerprint density at radius 1 is 1.21 bits per heavy atom.